The molecule has 0 aromatic heterocycles. The summed E-state index contributed by atoms with van der Waals surface area (Å²) in [5.41, 5.74) is 1.75. The standard InChI is InChI=1S/C29H32BrCl2N3O4S/c1-20(2)17-33-29(37)27(15-21-8-5-4-6-9-21)34(18-22-10-7-11-23(30)14-22)28(36)19-35(40(3,38)39)26-13-12-24(31)16-25(26)32/h4-14,16,20,27H,15,17-19H2,1-3H3,(H,33,37). The molecule has 1 unspecified atom stereocenters. The molecule has 1 N–H and O–H groups in total. The molecule has 0 aliphatic carbocycles. The van der Waals surface area contributed by atoms with Gasteiger partial charge in [-0.2, -0.15) is 0 Å². The van der Waals surface area contributed by atoms with Crippen molar-refractivity contribution in [2.24, 2.45) is 5.92 Å². The molecule has 3 aromatic rings. The Balaban J connectivity index is 2.07. The van der Waals surface area contributed by atoms with Crippen molar-refractivity contribution in [3.05, 3.63) is 98.4 Å². The lowest BCUT2D eigenvalue weighted by atomic mass is 10.0. The van der Waals surface area contributed by atoms with Crippen LogP contribution in [0.25, 0.3) is 0 Å². The molecule has 3 aromatic carbocycles. The van der Waals surface area contributed by atoms with Gasteiger partial charge in [-0.3, -0.25) is 13.9 Å². The molecule has 11 heteroatoms. The van der Waals surface area contributed by atoms with Gasteiger partial charge in [-0.05, 0) is 47.4 Å². The molecule has 0 fully saturated rings. The monoisotopic (exact) mass is 667 g/mol. The molecule has 0 radical (unpaired) electrons. The van der Waals surface area contributed by atoms with Crippen molar-refractivity contribution >= 4 is 66.7 Å². The number of carbonyl (C=O) groups is 2. The first-order valence-electron chi connectivity index (χ1n) is 12.6. The van der Waals surface area contributed by atoms with Gasteiger partial charge in [0.2, 0.25) is 21.8 Å². The maximum Gasteiger partial charge on any atom is 0.244 e. The molecule has 7 nitrogen and oxygen atoms in total. The average Bonchev–Trinajstić information content (AvgIpc) is 2.88. The number of anilines is 1. The summed E-state index contributed by atoms with van der Waals surface area (Å²) in [4.78, 5) is 29.1. The molecule has 2 amide bonds. The summed E-state index contributed by atoms with van der Waals surface area (Å²) in [5, 5.41) is 3.37. The van der Waals surface area contributed by atoms with Gasteiger partial charge in [-0.1, -0.05) is 95.4 Å². The highest BCUT2D eigenvalue weighted by atomic mass is 79.9. The molecular weight excluding hydrogens is 637 g/mol. The fourth-order valence-electron chi connectivity index (χ4n) is 4.09. The van der Waals surface area contributed by atoms with Gasteiger partial charge in [0.25, 0.3) is 0 Å². The highest BCUT2D eigenvalue weighted by molar-refractivity contribution is 9.10. The van der Waals surface area contributed by atoms with Crippen LogP contribution in [-0.2, 0) is 32.6 Å². The van der Waals surface area contributed by atoms with Crippen LogP contribution < -0.4 is 9.62 Å². The van der Waals surface area contributed by atoms with Gasteiger partial charge in [0.15, 0.2) is 0 Å². The van der Waals surface area contributed by atoms with E-state index < -0.39 is 28.5 Å². The zero-order chi connectivity index (χ0) is 29.4. The van der Waals surface area contributed by atoms with E-state index in [0.29, 0.717) is 11.6 Å². The molecule has 0 spiro atoms. The second-order valence-electron chi connectivity index (χ2n) is 9.86. The summed E-state index contributed by atoms with van der Waals surface area (Å²) in [6.07, 6.45) is 1.24. The lowest BCUT2D eigenvalue weighted by Crippen LogP contribution is -2.53. The Morgan fingerprint density at radius 2 is 1.62 bits per heavy atom. The largest absolute Gasteiger partial charge is 0.354 e. The van der Waals surface area contributed by atoms with Crippen molar-refractivity contribution in [1.82, 2.24) is 10.2 Å². The maximum absolute atomic E-state index is 14.1. The number of sulfonamides is 1. The van der Waals surface area contributed by atoms with E-state index in [-0.39, 0.29) is 35.5 Å². The van der Waals surface area contributed by atoms with E-state index in [1.807, 2.05) is 68.4 Å². The van der Waals surface area contributed by atoms with E-state index in [1.54, 1.807) is 0 Å². The molecule has 0 bridgehead atoms. The van der Waals surface area contributed by atoms with E-state index in [4.69, 9.17) is 23.2 Å². The molecular formula is C29H32BrCl2N3O4S. The Morgan fingerprint density at radius 3 is 2.23 bits per heavy atom. The number of rotatable bonds is 12. The predicted octanol–water partition coefficient (Wildman–Crippen LogP) is 5.93. The maximum atomic E-state index is 14.1. The first kappa shape index (κ1) is 31.9. The number of benzene rings is 3. The molecule has 0 saturated heterocycles. The Bertz CT molecular complexity index is 1440. The summed E-state index contributed by atoms with van der Waals surface area (Å²) in [7, 11) is -3.94. The highest BCUT2D eigenvalue weighted by Gasteiger charge is 2.33. The van der Waals surface area contributed by atoms with Crippen LogP contribution in [-0.4, -0.2) is 50.5 Å². The minimum absolute atomic E-state index is 0.0802. The summed E-state index contributed by atoms with van der Waals surface area (Å²) < 4.78 is 27.5. The van der Waals surface area contributed by atoms with E-state index in [9.17, 15) is 18.0 Å². The second-order valence-corrected chi connectivity index (χ2v) is 13.5. The first-order valence-corrected chi connectivity index (χ1v) is 16.0. The van der Waals surface area contributed by atoms with Crippen molar-refractivity contribution in [2.45, 2.75) is 32.9 Å². The van der Waals surface area contributed by atoms with Crippen molar-refractivity contribution in [2.75, 3.05) is 23.7 Å². The summed E-state index contributed by atoms with van der Waals surface area (Å²) in [5.74, 6) is -0.684. The number of halogens is 3. The number of carbonyl (C=O) groups excluding carboxylic acids is 2. The summed E-state index contributed by atoms with van der Waals surface area (Å²) in [6.45, 7) is 3.92. The molecule has 0 saturated carbocycles. The summed E-state index contributed by atoms with van der Waals surface area (Å²) in [6, 6.07) is 20.3. The van der Waals surface area contributed by atoms with Gasteiger partial charge < -0.3 is 10.2 Å². The van der Waals surface area contributed by atoms with Crippen molar-refractivity contribution in [3.63, 3.8) is 0 Å². The third-order valence-corrected chi connectivity index (χ3v) is 8.21. The topological polar surface area (TPSA) is 86.8 Å². The van der Waals surface area contributed by atoms with Crippen LogP contribution in [0.2, 0.25) is 10.0 Å². The molecule has 0 aliphatic rings. The molecule has 0 heterocycles. The van der Waals surface area contributed by atoms with Crippen molar-refractivity contribution in [1.29, 1.82) is 0 Å². The second kappa shape index (κ2) is 14.3. The zero-order valence-corrected chi connectivity index (χ0v) is 26.4. The number of hydrogen-bond donors (Lipinski definition) is 1. The van der Waals surface area contributed by atoms with E-state index >= 15 is 0 Å². The van der Waals surface area contributed by atoms with Crippen LogP contribution in [0.5, 0.6) is 0 Å². The molecule has 214 valence electrons. The molecule has 3 rings (SSSR count). The predicted molar refractivity (Wildman–Crippen MR) is 165 cm³/mol. The molecule has 1 atom stereocenters. The Hall–Kier alpha value is -2.59. The van der Waals surface area contributed by atoms with Crippen LogP contribution in [0.1, 0.15) is 25.0 Å². The van der Waals surface area contributed by atoms with Crippen LogP contribution in [0.4, 0.5) is 5.69 Å². The normalized spacial score (nSPS) is 12.2. The third kappa shape index (κ3) is 9.23. The third-order valence-electron chi connectivity index (χ3n) is 6.06. The molecule has 40 heavy (non-hydrogen) atoms. The fraction of sp³-hybridized carbons (Fsp3) is 0.310. The smallest absolute Gasteiger partial charge is 0.244 e. The average molecular weight is 669 g/mol. The van der Waals surface area contributed by atoms with Crippen LogP contribution in [0, 0.1) is 5.92 Å². The van der Waals surface area contributed by atoms with E-state index in [0.717, 1.165) is 26.2 Å². The van der Waals surface area contributed by atoms with Gasteiger partial charge in [-0.25, -0.2) is 8.42 Å². The summed E-state index contributed by atoms with van der Waals surface area (Å²) >= 11 is 15.8. The van der Waals surface area contributed by atoms with E-state index in [2.05, 4.69) is 21.2 Å². The Morgan fingerprint density at radius 1 is 0.950 bits per heavy atom. The highest BCUT2D eigenvalue weighted by Crippen LogP contribution is 2.31. The SMILES string of the molecule is CC(C)CNC(=O)C(Cc1ccccc1)N(Cc1cccc(Br)c1)C(=O)CN(c1ccc(Cl)cc1Cl)S(C)(=O)=O. The number of nitrogens with one attached hydrogen (secondary N) is 1. The van der Waals surface area contributed by atoms with Crippen LogP contribution >= 0.6 is 39.1 Å². The minimum atomic E-state index is -3.94. The van der Waals surface area contributed by atoms with Gasteiger partial charge in [0, 0.05) is 29.0 Å². The Labute approximate surface area is 254 Å². The van der Waals surface area contributed by atoms with Crippen LogP contribution in [0.3, 0.4) is 0 Å². The number of hydrogen-bond acceptors (Lipinski definition) is 4. The van der Waals surface area contributed by atoms with Gasteiger partial charge >= 0.3 is 0 Å². The zero-order valence-electron chi connectivity index (χ0n) is 22.5. The van der Waals surface area contributed by atoms with Gasteiger partial charge in [0.1, 0.15) is 12.6 Å². The quantitative estimate of drug-likeness (QED) is 0.259. The minimum Gasteiger partial charge on any atom is -0.354 e. The van der Waals surface area contributed by atoms with Gasteiger partial charge in [0.05, 0.1) is 17.0 Å². The number of amides is 2. The first-order chi connectivity index (χ1) is 18.8. The lowest BCUT2D eigenvalue weighted by molar-refractivity contribution is -0.140. The Kier molecular flexibility index (Phi) is 11.5. The fourth-order valence-corrected chi connectivity index (χ4v) is 5.96. The van der Waals surface area contributed by atoms with Crippen LogP contribution in [0.15, 0.2) is 77.3 Å². The lowest BCUT2D eigenvalue weighted by Gasteiger charge is -2.34. The molecule has 0 aliphatic heterocycles. The van der Waals surface area contributed by atoms with Crippen molar-refractivity contribution in [3.8, 4) is 0 Å². The van der Waals surface area contributed by atoms with Crippen molar-refractivity contribution < 1.29 is 18.0 Å². The van der Waals surface area contributed by atoms with E-state index in [1.165, 1.54) is 23.1 Å². The number of nitrogens with zero attached hydrogens (tertiary/aromatic N) is 2. The van der Waals surface area contributed by atoms with Gasteiger partial charge in [-0.15, -0.1) is 0 Å².